The van der Waals surface area contributed by atoms with Crippen LogP contribution in [0.1, 0.15) is 32.6 Å². The molecule has 2 aliphatic rings. The monoisotopic (exact) mass is 227 g/mol. The minimum Gasteiger partial charge on any atom is -0.372 e. The molecule has 3 atom stereocenters. The molecule has 3 unspecified atom stereocenters. The van der Waals surface area contributed by atoms with Crippen LogP contribution < -0.4 is 16.8 Å². The molecule has 2 fully saturated rings. The Morgan fingerprint density at radius 3 is 2.56 bits per heavy atom. The Labute approximate surface area is 98.1 Å². The first-order valence-electron chi connectivity index (χ1n) is 6.52. The third-order valence-corrected chi connectivity index (χ3v) is 3.91. The Morgan fingerprint density at radius 2 is 1.94 bits per heavy atom. The summed E-state index contributed by atoms with van der Waals surface area (Å²) in [6.07, 6.45) is 5.09. The standard InChI is InChI=1S/C12H25N3O/c1-8-12(14)3-2-11(16-8)7-15-6-9-4-10(13)5-9/h8-12,15H,2-7,13-14H2,1H3. The molecule has 0 bridgehead atoms. The zero-order valence-corrected chi connectivity index (χ0v) is 10.2. The number of nitrogens with one attached hydrogen (secondary N) is 1. The van der Waals surface area contributed by atoms with Crippen LogP contribution in [0.4, 0.5) is 0 Å². The molecule has 0 radical (unpaired) electrons. The van der Waals surface area contributed by atoms with Gasteiger partial charge in [0.15, 0.2) is 0 Å². The van der Waals surface area contributed by atoms with E-state index in [0.717, 1.165) is 31.8 Å². The number of hydrogen-bond donors (Lipinski definition) is 3. The Balaban J connectivity index is 1.56. The molecule has 16 heavy (non-hydrogen) atoms. The lowest BCUT2D eigenvalue weighted by Gasteiger charge is -2.35. The Kier molecular flexibility index (Phi) is 4.19. The summed E-state index contributed by atoms with van der Waals surface area (Å²) in [6, 6.07) is 0.677. The van der Waals surface area contributed by atoms with Crippen LogP contribution in [0.15, 0.2) is 0 Å². The number of ether oxygens (including phenoxy) is 1. The predicted octanol–water partition coefficient (Wildman–Crippen LogP) is 0.208. The van der Waals surface area contributed by atoms with Crippen LogP contribution in [-0.4, -0.2) is 37.4 Å². The van der Waals surface area contributed by atoms with Crippen molar-refractivity contribution in [3.8, 4) is 0 Å². The third-order valence-electron chi connectivity index (χ3n) is 3.91. The topological polar surface area (TPSA) is 73.3 Å². The molecule has 4 heteroatoms. The van der Waals surface area contributed by atoms with Gasteiger partial charge in [-0.3, -0.25) is 0 Å². The largest absolute Gasteiger partial charge is 0.372 e. The highest BCUT2D eigenvalue weighted by Gasteiger charge is 2.27. The van der Waals surface area contributed by atoms with Crippen molar-refractivity contribution < 1.29 is 4.74 Å². The highest BCUT2D eigenvalue weighted by Crippen LogP contribution is 2.24. The zero-order valence-electron chi connectivity index (χ0n) is 10.2. The molecule has 1 heterocycles. The molecule has 0 aromatic carbocycles. The van der Waals surface area contributed by atoms with E-state index >= 15 is 0 Å². The van der Waals surface area contributed by atoms with Gasteiger partial charge in [-0.1, -0.05) is 0 Å². The smallest absolute Gasteiger partial charge is 0.0704 e. The highest BCUT2D eigenvalue weighted by atomic mass is 16.5. The van der Waals surface area contributed by atoms with Gasteiger partial charge in [0.25, 0.3) is 0 Å². The summed E-state index contributed by atoms with van der Waals surface area (Å²) in [7, 11) is 0. The number of nitrogens with two attached hydrogens (primary N) is 2. The van der Waals surface area contributed by atoms with Gasteiger partial charge >= 0.3 is 0 Å². The van der Waals surface area contributed by atoms with Crippen molar-refractivity contribution in [3.63, 3.8) is 0 Å². The molecular formula is C12H25N3O. The van der Waals surface area contributed by atoms with E-state index in [-0.39, 0.29) is 12.1 Å². The van der Waals surface area contributed by atoms with Gasteiger partial charge in [-0.25, -0.2) is 0 Å². The Morgan fingerprint density at radius 1 is 1.19 bits per heavy atom. The molecule has 4 nitrogen and oxygen atoms in total. The van der Waals surface area contributed by atoms with Crippen molar-refractivity contribution in [1.82, 2.24) is 5.32 Å². The van der Waals surface area contributed by atoms with E-state index < -0.39 is 0 Å². The molecule has 94 valence electrons. The molecule has 0 amide bonds. The fraction of sp³-hybridized carbons (Fsp3) is 1.00. The van der Waals surface area contributed by atoms with E-state index in [9.17, 15) is 0 Å². The van der Waals surface area contributed by atoms with Gasteiger partial charge in [-0.05, 0) is 45.1 Å². The van der Waals surface area contributed by atoms with Crippen LogP contribution in [0.3, 0.4) is 0 Å². The van der Waals surface area contributed by atoms with Gasteiger partial charge in [-0.2, -0.15) is 0 Å². The number of hydrogen-bond acceptors (Lipinski definition) is 4. The average molecular weight is 227 g/mol. The average Bonchev–Trinajstić information content (AvgIpc) is 2.21. The van der Waals surface area contributed by atoms with Crippen molar-refractivity contribution in [2.24, 2.45) is 17.4 Å². The molecule has 2 rings (SSSR count). The SMILES string of the molecule is CC1OC(CNCC2CC(N)C2)CCC1N. The molecule has 0 spiro atoms. The minimum atomic E-state index is 0.206. The van der Waals surface area contributed by atoms with Gasteiger partial charge in [0.2, 0.25) is 0 Å². The lowest BCUT2D eigenvalue weighted by atomic mass is 9.81. The van der Waals surface area contributed by atoms with Crippen molar-refractivity contribution in [2.45, 2.75) is 56.9 Å². The van der Waals surface area contributed by atoms with E-state index in [1.54, 1.807) is 0 Å². The Hall–Kier alpha value is -0.160. The van der Waals surface area contributed by atoms with Gasteiger partial charge in [0.05, 0.1) is 12.2 Å². The Bertz CT molecular complexity index is 218. The molecule has 1 saturated carbocycles. The summed E-state index contributed by atoms with van der Waals surface area (Å²) in [4.78, 5) is 0. The zero-order chi connectivity index (χ0) is 11.5. The quantitative estimate of drug-likeness (QED) is 0.642. The van der Waals surface area contributed by atoms with Crippen molar-refractivity contribution in [3.05, 3.63) is 0 Å². The molecule has 1 aliphatic heterocycles. The highest BCUT2D eigenvalue weighted by molar-refractivity contribution is 4.84. The van der Waals surface area contributed by atoms with Gasteiger partial charge in [-0.15, -0.1) is 0 Å². The summed E-state index contributed by atoms with van der Waals surface area (Å²) < 4.78 is 5.84. The van der Waals surface area contributed by atoms with Crippen LogP contribution >= 0.6 is 0 Å². The minimum absolute atomic E-state index is 0.206. The molecule has 0 aromatic heterocycles. The fourth-order valence-corrected chi connectivity index (χ4v) is 2.64. The van der Waals surface area contributed by atoms with Crippen molar-refractivity contribution in [1.29, 1.82) is 0 Å². The molecular weight excluding hydrogens is 202 g/mol. The lowest BCUT2D eigenvalue weighted by molar-refractivity contribution is -0.0498. The maximum Gasteiger partial charge on any atom is 0.0704 e. The predicted molar refractivity (Wildman–Crippen MR) is 65.1 cm³/mol. The first-order chi connectivity index (χ1) is 7.65. The summed E-state index contributed by atoms with van der Waals surface area (Å²) in [5.74, 6) is 0.790. The van der Waals surface area contributed by atoms with Crippen molar-refractivity contribution in [2.75, 3.05) is 13.1 Å². The maximum atomic E-state index is 5.90. The van der Waals surface area contributed by atoms with Crippen molar-refractivity contribution >= 4 is 0 Å². The van der Waals surface area contributed by atoms with E-state index in [0.29, 0.717) is 12.1 Å². The van der Waals surface area contributed by atoms with Crippen LogP contribution in [0.5, 0.6) is 0 Å². The second kappa shape index (κ2) is 5.45. The summed E-state index contributed by atoms with van der Waals surface area (Å²) in [5.41, 5.74) is 11.7. The van der Waals surface area contributed by atoms with Gasteiger partial charge < -0.3 is 21.5 Å². The van der Waals surface area contributed by atoms with Gasteiger partial charge in [0.1, 0.15) is 0 Å². The molecule has 0 aromatic rings. The summed E-state index contributed by atoms with van der Waals surface area (Å²) >= 11 is 0. The van der Waals surface area contributed by atoms with E-state index in [2.05, 4.69) is 12.2 Å². The fourth-order valence-electron chi connectivity index (χ4n) is 2.64. The first kappa shape index (κ1) is 12.3. The van der Waals surface area contributed by atoms with Crippen LogP contribution in [0.2, 0.25) is 0 Å². The van der Waals surface area contributed by atoms with E-state index in [4.69, 9.17) is 16.2 Å². The lowest BCUT2D eigenvalue weighted by Crippen LogP contribution is -2.47. The van der Waals surface area contributed by atoms with E-state index in [1.165, 1.54) is 12.8 Å². The third kappa shape index (κ3) is 3.17. The summed E-state index contributed by atoms with van der Waals surface area (Å²) in [5, 5.41) is 3.49. The second-order valence-corrected chi connectivity index (χ2v) is 5.46. The van der Waals surface area contributed by atoms with Crippen LogP contribution in [0, 0.1) is 5.92 Å². The molecule has 5 N–H and O–H groups in total. The van der Waals surface area contributed by atoms with Crippen LogP contribution in [0.25, 0.3) is 0 Å². The van der Waals surface area contributed by atoms with E-state index in [1.807, 2.05) is 0 Å². The van der Waals surface area contributed by atoms with Gasteiger partial charge in [0, 0.05) is 18.6 Å². The molecule has 1 saturated heterocycles. The first-order valence-corrected chi connectivity index (χ1v) is 6.52. The second-order valence-electron chi connectivity index (χ2n) is 5.46. The normalized spacial score (nSPS) is 44.1. The summed E-state index contributed by atoms with van der Waals surface area (Å²) in [6.45, 7) is 4.12. The molecule has 1 aliphatic carbocycles. The van der Waals surface area contributed by atoms with Crippen LogP contribution in [-0.2, 0) is 4.74 Å². The maximum absolute atomic E-state index is 5.90. The number of rotatable bonds is 4.